The van der Waals surface area contributed by atoms with E-state index in [1.54, 1.807) is 9.47 Å². The number of fused-ring (bicyclic) bond motifs is 1. The molecule has 0 bridgehead atoms. The van der Waals surface area contributed by atoms with E-state index in [2.05, 4.69) is 25.5 Å². The standard InChI is InChI=1S/C31H30ClF4N9O4/c1-2-23-26(42-10-12-43(13-11-42)28(41-48)25-21(33)4-3-9-37-25)29(47)45-30(39-27(40-45)18-7-14-49-15-8-18)44(23)17-24(46)38-22-6-5-19(16-20(22)32)31(34,35)36/h3-7,9,16,48H,2,8,10-15,17H2,1H3,(H,38,46)/b41-28-. The van der Waals surface area contributed by atoms with Crippen LogP contribution < -0.4 is 15.8 Å². The molecular weight excluding hydrogens is 674 g/mol. The van der Waals surface area contributed by atoms with Gasteiger partial charge in [0.25, 0.3) is 5.56 Å². The van der Waals surface area contributed by atoms with Gasteiger partial charge in [0.1, 0.15) is 17.9 Å². The van der Waals surface area contributed by atoms with Crippen LogP contribution in [-0.2, 0) is 28.7 Å². The van der Waals surface area contributed by atoms with Gasteiger partial charge in [0.15, 0.2) is 17.5 Å². The first kappa shape index (κ1) is 33.9. The van der Waals surface area contributed by atoms with Crippen LogP contribution >= 0.6 is 11.6 Å². The highest BCUT2D eigenvalue weighted by Crippen LogP contribution is 2.34. The summed E-state index contributed by atoms with van der Waals surface area (Å²) in [4.78, 5) is 39.7. The molecule has 258 valence electrons. The second-order valence-corrected chi connectivity index (χ2v) is 11.6. The number of benzene rings is 1. The third kappa shape index (κ3) is 6.80. The highest BCUT2D eigenvalue weighted by atomic mass is 35.5. The smallest absolute Gasteiger partial charge is 0.409 e. The van der Waals surface area contributed by atoms with E-state index in [4.69, 9.17) is 16.3 Å². The summed E-state index contributed by atoms with van der Waals surface area (Å²) in [6.45, 7) is 3.19. The van der Waals surface area contributed by atoms with E-state index in [0.717, 1.165) is 28.3 Å². The molecule has 3 aromatic heterocycles. The molecule has 4 aromatic rings. The number of carbonyl (C=O) groups excluding carboxylic acids is 1. The van der Waals surface area contributed by atoms with Gasteiger partial charge in [0, 0.05) is 32.4 Å². The molecule has 1 fully saturated rings. The van der Waals surface area contributed by atoms with E-state index < -0.39 is 29.0 Å². The first-order chi connectivity index (χ1) is 23.5. The summed E-state index contributed by atoms with van der Waals surface area (Å²) in [7, 11) is 0. The van der Waals surface area contributed by atoms with E-state index in [-0.39, 0.29) is 72.8 Å². The van der Waals surface area contributed by atoms with Crippen molar-refractivity contribution in [3.63, 3.8) is 0 Å². The van der Waals surface area contributed by atoms with Crippen molar-refractivity contribution < 1.29 is 32.3 Å². The van der Waals surface area contributed by atoms with Gasteiger partial charge in [-0.3, -0.25) is 9.59 Å². The number of aromatic nitrogens is 5. The molecule has 2 aliphatic rings. The zero-order valence-corrected chi connectivity index (χ0v) is 26.8. The molecule has 0 saturated carbocycles. The summed E-state index contributed by atoms with van der Waals surface area (Å²) in [5.74, 6) is -0.942. The van der Waals surface area contributed by atoms with Crippen molar-refractivity contribution >= 4 is 46.1 Å². The lowest BCUT2D eigenvalue weighted by Crippen LogP contribution is -2.51. The number of carbonyl (C=O) groups is 1. The molecule has 5 heterocycles. The molecule has 1 saturated heterocycles. The molecule has 0 unspecified atom stereocenters. The number of anilines is 2. The number of oxime groups is 1. The lowest BCUT2D eigenvalue weighted by atomic mass is 10.1. The first-order valence-electron chi connectivity index (χ1n) is 15.3. The Morgan fingerprint density at radius 2 is 1.96 bits per heavy atom. The third-order valence-corrected chi connectivity index (χ3v) is 8.56. The Hall–Kier alpha value is -5.03. The number of alkyl halides is 3. The highest BCUT2D eigenvalue weighted by Gasteiger charge is 2.32. The predicted octanol–water partition coefficient (Wildman–Crippen LogP) is 4.06. The number of hydrogen-bond acceptors (Lipinski definition) is 9. The van der Waals surface area contributed by atoms with Crippen LogP contribution in [-0.4, -0.2) is 85.4 Å². The van der Waals surface area contributed by atoms with E-state index in [0.29, 0.717) is 31.2 Å². The van der Waals surface area contributed by atoms with Crippen LogP contribution in [0, 0.1) is 5.82 Å². The van der Waals surface area contributed by atoms with Crippen LogP contribution in [0.1, 0.15) is 36.1 Å². The number of nitrogens with zero attached hydrogens (tertiary/aromatic N) is 8. The van der Waals surface area contributed by atoms with Crippen LogP contribution in [0.15, 0.2) is 52.6 Å². The fraction of sp³-hybridized carbons (Fsp3) is 0.355. The number of halogens is 5. The van der Waals surface area contributed by atoms with Crippen molar-refractivity contribution in [2.24, 2.45) is 5.16 Å². The molecule has 13 nitrogen and oxygen atoms in total. The number of hydrogen-bond donors (Lipinski definition) is 2. The molecule has 2 aliphatic heterocycles. The number of ether oxygens (including phenoxy) is 1. The fourth-order valence-electron chi connectivity index (χ4n) is 5.87. The molecule has 0 aliphatic carbocycles. The minimum Gasteiger partial charge on any atom is -0.409 e. The molecule has 0 radical (unpaired) electrons. The monoisotopic (exact) mass is 703 g/mol. The average Bonchev–Trinajstić information content (AvgIpc) is 3.54. The minimum atomic E-state index is -4.61. The summed E-state index contributed by atoms with van der Waals surface area (Å²) in [6.07, 6.45) is -0.610. The van der Waals surface area contributed by atoms with Crippen LogP contribution in [0.25, 0.3) is 11.4 Å². The van der Waals surface area contributed by atoms with Crippen molar-refractivity contribution in [2.75, 3.05) is 49.6 Å². The Morgan fingerprint density at radius 3 is 2.59 bits per heavy atom. The average molecular weight is 704 g/mol. The summed E-state index contributed by atoms with van der Waals surface area (Å²) in [6, 6.07) is 5.25. The van der Waals surface area contributed by atoms with E-state index in [9.17, 15) is 32.4 Å². The van der Waals surface area contributed by atoms with E-state index in [1.165, 1.54) is 18.3 Å². The van der Waals surface area contributed by atoms with Crippen molar-refractivity contribution in [3.8, 4) is 0 Å². The number of pyridine rings is 1. The zero-order valence-electron chi connectivity index (χ0n) is 26.0. The topological polar surface area (TPSA) is 142 Å². The highest BCUT2D eigenvalue weighted by molar-refractivity contribution is 6.33. The molecule has 49 heavy (non-hydrogen) atoms. The Labute approximate surface area is 281 Å². The van der Waals surface area contributed by atoms with E-state index >= 15 is 0 Å². The molecule has 0 spiro atoms. The number of nitrogens with one attached hydrogen (secondary N) is 1. The fourth-order valence-corrected chi connectivity index (χ4v) is 6.10. The number of amidine groups is 1. The van der Waals surface area contributed by atoms with Crippen molar-refractivity contribution in [1.29, 1.82) is 0 Å². The maximum atomic E-state index is 14.5. The second-order valence-electron chi connectivity index (χ2n) is 11.2. The summed E-state index contributed by atoms with van der Waals surface area (Å²) in [5, 5.41) is 19.8. The Balaban J connectivity index is 1.36. The van der Waals surface area contributed by atoms with Crippen molar-refractivity contribution in [3.05, 3.63) is 86.6 Å². The van der Waals surface area contributed by atoms with Gasteiger partial charge >= 0.3 is 6.18 Å². The number of amides is 1. The van der Waals surface area contributed by atoms with Crippen LogP contribution in [0.5, 0.6) is 0 Å². The quantitative estimate of drug-likeness (QED) is 0.0958. The zero-order chi connectivity index (χ0) is 34.9. The normalized spacial score (nSPS) is 15.9. The lowest BCUT2D eigenvalue weighted by Gasteiger charge is -2.37. The SMILES string of the molecule is CCc1c(N2CCN(/C(=N\O)c3ncccc3F)CC2)c(=O)n2nc(C3=CCOCC3)nc2n1CC(=O)Nc1ccc(C(F)(F)F)cc1Cl. The second kappa shape index (κ2) is 13.8. The summed E-state index contributed by atoms with van der Waals surface area (Å²) >= 11 is 6.10. The predicted molar refractivity (Wildman–Crippen MR) is 171 cm³/mol. The number of piperazine rings is 1. The minimum absolute atomic E-state index is 0.0219. The molecular formula is C31H30ClF4N9O4. The first-order valence-corrected chi connectivity index (χ1v) is 15.7. The molecule has 2 N–H and O–H groups in total. The summed E-state index contributed by atoms with van der Waals surface area (Å²) in [5.41, 5.74) is -0.0741. The lowest BCUT2D eigenvalue weighted by molar-refractivity contribution is -0.137. The molecule has 6 rings (SSSR count). The van der Waals surface area contributed by atoms with Gasteiger partial charge in [0.2, 0.25) is 11.7 Å². The molecule has 18 heteroatoms. The van der Waals surface area contributed by atoms with Gasteiger partial charge in [-0.25, -0.2) is 9.37 Å². The molecule has 1 amide bonds. The largest absolute Gasteiger partial charge is 0.416 e. The number of rotatable bonds is 7. The van der Waals surface area contributed by atoms with Crippen molar-refractivity contribution in [2.45, 2.75) is 32.5 Å². The Kier molecular flexibility index (Phi) is 9.56. The Bertz CT molecular complexity index is 2020. The van der Waals surface area contributed by atoms with Crippen LogP contribution in [0.4, 0.5) is 28.9 Å². The van der Waals surface area contributed by atoms with E-state index in [1.807, 2.05) is 17.9 Å². The van der Waals surface area contributed by atoms with Gasteiger partial charge in [-0.2, -0.15) is 22.7 Å². The third-order valence-electron chi connectivity index (χ3n) is 8.24. The summed E-state index contributed by atoms with van der Waals surface area (Å²) < 4.78 is 62.1. The van der Waals surface area contributed by atoms with Gasteiger partial charge < -0.3 is 29.6 Å². The van der Waals surface area contributed by atoms with Crippen LogP contribution in [0.3, 0.4) is 0 Å². The van der Waals surface area contributed by atoms with Crippen LogP contribution in [0.2, 0.25) is 5.02 Å². The molecule has 0 atom stereocenters. The maximum absolute atomic E-state index is 14.5. The molecule has 1 aromatic carbocycles. The maximum Gasteiger partial charge on any atom is 0.416 e. The van der Waals surface area contributed by atoms with Gasteiger partial charge in [-0.05, 0) is 48.7 Å². The van der Waals surface area contributed by atoms with Crippen molar-refractivity contribution in [1.82, 2.24) is 29.0 Å². The Morgan fingerprint density at radius 1 is 1.18 bits per heavy atom. The van der Waals surface area contributed by atoms with Gasteiger partial charge in [-0.1, -0.05) is 29.8 Å². The van der Waals surface area contributed by atoms with Gasteiger partial charge in [0.05, 0.1) is 35.2 Å². The van der Waals surface area contributed by atoms with Gasteiger partial charge in [-0.15, -0.1) is 5.10 Å².